The number of anilines is 1. The van der Waals surface area contributed by atoms with Gasteiger partial charge in [-0.05, 0) is 54.8 Å². The van der Waals surface area contributed by atoms with Gasteiger partial charge in [0.25, 0.3) is 15.9 Å². The average molecular weight is 621 g/mol. The van der Waals surface area contributed by atoms with Gasteiger partial charge >= 0.3 is 12.1 Å². The van der Waals surface area contributed by atoms with E-state index in [9.17, 15) is 18.0 Å². The molecule has 230 valence electrons. The number of ether oxygens (including phenoxy) is 4. The molecule has 1 amide bonds. The standard InChI is InChI=1S/C31H32N4O8S/c1-20(2)18-43-31(37)35(28-29(40-4)34-21(3)17-33-28)44(38,39)26-11-8-16-32-27(26)24-9-6-7-10-25(24)42-19-22-12-14-23(15-13-22)30(36)41-5/h6-17,20H,18-19H2,1-5H3. The number of rotatable bonds is 11. The molecule has 4 rings (SSSR count). The molecule has 0 unspecified atom stereocenters. The Morgan fingerprint density at radius 2 is 1.68 bits per heavy atom. The molecule has 0 aliphatic carbocycles. The van der Waals surface area contributed by atoms with Gasteiger partial charge in [-0.25, -0.2) is 28.0 Å². The number of pyridine rings is 1. The lowest BCUT2D eigenvalue weighted by molar-refractivity contribution is 0.0600. The summed E-state index contributed by atoms with van der Waals surface area (Å²) < 4.78 is 50.6. The van der Waals surface area contributed by atoms with Gasteiger partial charge in [-0.15, -0.1) is 4.31 Å². The molecule has 2 heterocycles. The number of aryl methyl sites for hydroxylation is 1. The summed E-state index contributed by atoms with van der Waals surface area (Å²) >= 11 is 0. The Kier molecular flexibility index (Phi) is 10.1. The van der Waals surface area contributed by atoms with Crippen molar-refractivity contribution in [2.24, 2.45) is 5.92 Å². The molecule has 0 fully saturated rings. The molecule has 0 saturated heterocycles. The van der Waals surface area contributed by atoms with E-state index in [4.69, 9.17) is 18.9 Å². The monoisotopic (exact) mass is 620 g/mol. The van der Waals surface area contributed by atoms with E-state index in [0.717, 1.165) is 5.56 Å². The predicted molar refractivity (Wildman–Crippen MR) is 161 cm³/mol. The molecule has 0 spiro atoms. The summed E-state index contributed by atoms with van der Waals surface area (Å²) in [6.45, 7) is 5.36. The lowest BCUT2D eigenvalue weighted by Crippen LogP contribution is -2.39. The highest BCUT2D eigenvalue weighted by molar-refractivity contribution is 7.93. The fourth-order valence-corrected chi connectivity index (χ4v) is 5.48. The van der Waals surface area contributed by atoms with Gasteiger partial charge in [0.2, 0.25) is 5.82 Å². The Morgan fingerprint density at radius 1 is 0.955 bits per heavy atom. The van der Waals surface area contributed by atoms with E-state index < -0.39 is 22.1 Å². The van der Waals surface area contributed by atoms with Crippen LogP contribution in [0.5, 0.6) is 11.6 Å². The van der Waals surface area contributed by atoms with Crippen molar-refractivity contribution in [2.45, 2.75) is 32.3 Å². The molecular formula is C31H32N4O8S. The molecule has 0 atom stereocenters. The molecule has 44 heavy (non-hydrogen) atoms. The van der Waals surface area contributed by atoms with Crippen molar-refractivity contribution in [3.63, 3.8) is 0 Å². The summed E-state index contributed by atoms with van der Waals surface area (Å²) in [5.74, 6) is -0.724. The molecule has 12 nitrogen and oxygen atoms in total. The zero-order valence-electron chi connectivity index (χ0n) is 24.9. The lowest BCUT2D eigenvalue weighted by atomic mass is 10.1. The Morgan fingerprint density at radius 3 is 2.36 bits per heavy atom. The molecule has 0 saturated carbocycles. The number of carbonyl (C=O) groups excluding carboxylic acids is 2. The fraction of sp³-hybridized carbons (Fsp3) is 0.258. The van der Waals surface area contributed by atoms with Crippen LogP contribution >= 0.6 is 0 Å². The molecule has 2 aromatic heterocycles. The first-order valence-electron chi connectivity index (χ1n) is 13.5. The maximum absolute atomic E-state index is 14.4. The maximum atomic E-state index is 14.4. The minimum Gasteiger partial charge on any atom is -0.488 e. The zero-order chi connectivity index (χ0) is 31.9. The number of hydrogen-bond donors (Lipinski definition) is 0. The van der Waals surface area contributed by atoms with E-state index in [0.29, 0.717) is 26.9 Å². The second kappa shape index (κ2) is 14.0. The number of methoxy groups -OCH3 is 2. The first kappa shape index (κ1) is 31.9. The normalized spacial score (nSPS) is 11.1. The number of carbonyl (C=O) groups is 2. The number of sulfonamides is 1. The summed E-state index contributed by atoms with van der Waals surface area (Å²) in [5, 5.41) is 0. The molecule has 0 N–H and O–H groups in total. The Bertz CT molecular complexity index is 1740. The highest BCUT2D eigenvalue weighted by Gasteiger charge is 2.38. The summed E-state index contributed by atoms with van der Waals surface area (Å²) in [6, 6.07) is 16.2. The van der Waals surface area contributed by atoms with E-state index in [-0.39, 0.29) is 41.4 Å². The Hall–Kier alpha value is -5.04. The smallest absolute Gasteiger partial charge is 0.430 e. The summed E-state index contributed by atoms with van der Waals surface area (Å²) in [4.78, 5) is 37.6. The second-order valence-electron chi connectivity index (χ2n) is 9.91. The first-order valence-corrected chi connectivity index (χ1v) is 14.9. The van der Waals surface area contributed by atoms with Gasteiger partial charge < -0.3 is 18.9 Å². The minimum absolute atomic E-state index is 0.0323. The first-order chi connectivity index (χ1) is 21.1. The van der Waals surface area contributed by atoms with Gasteiger partial charge in [-0.1, -0.05) is 38.1 Å². The Balaban J connectivity index is 1.76. The lowest BCUT2D eigenvalue weighted by Gasteiger charge is -2.23. The van der Waals surface area contributed by atoms with Crippen LogP contribution in [-0.2, 0) is 26.1 Å². The van der Waals surface area contributed by atoms with Crippen LogP contribution < -0.4 is 13.8 Å². The fourth-order valence-electron chi connectivity index (χ4n) is 4.02. The van der Waals surface area contributed by atoms with Crippen LogP contribution in [0.15, 0.2) is 78.0 Å². The van der Waals surface area contributed by atoms with Crippen LogP contribution in [0.25, 0.3) is 11.3 Å². The van der Waals surface area contributed by atoms with E-state index in [1.54, 1.807) is 55.5 Å². The number of nitrogens with zero attached hydrogens (tertiary/aromatic N) is 4. The quantitative estimate of drug-likeness (QED) is 0.204. The molecule has 0 bridgehead atoms. The molecule has 0 aliphatic rings. The van der Waals surface area contributed by atoms with Gasteiger partial charge in [0.15, 0.2) is 0 Å². The van der Waals surface area contributed by atoms with Crippen LogP contribution in [0.3, 0.4) is 0 Å². The minimum atomic E-state index is -4.71. The van der Waals surface area contributed by atoms with Crippen LogP contribution in [0, 0.1) is 12.8 Å². The highest BCUT2D eigenvalue weighted by Crippen LogP contribution is 2.37. The van der Waals surface area contributed by atoms with E-state index in [1.807, 2.05) is 13.8 Å². The summed E-state index contributed by atoms with van der Waals surface area (Å²) in [6.07, 6.45) is 1.58. The average Bonchev–Trinajstić information content (AvgIpc) is 3.03. The molecule has 2 aromatic carbocycles. The van der Waals surface area contributed by atoms with Gasteiger partial charge in [-0.2, -0.15) is 0 Å². The van der Waals surface area contributed by atoms with Crippen LogP contribution in [-0.4, -0.2) is 56.3 Å². The van der Waals surface area contributed by atoms with Gasteiger partial charge in [0, 0.05) is 11.8 Å². The molecule has 0 radical (unpaired) electrons. The van der Waals surface area contributed by atoms with Gasteiger partial charge in [-0.3, -0.25) is 4.98 Å². The molecule has 4 aromatic rings. The SMILES string of the molecule is COC(=O)c1ccc(COc2ccccc2-c2ncccc2S(=O)(=O)N(C(=O)OCC(C)C)c2ncc(C)nc2OC)cc1. The topological polar surface area (TPSA) is 147 Å². The van der Waals surface area contributed by atoms with E-state index in [1.165, 1.54) is 38.7 Å². The number of benzene rings is 2. The molecule has 13 heteroatoms. The number of aromatic nitrogens is 3. The number of para-hydroxylation sites is 1. The summed E-state index contributed by atoms with van der Waals surface area (Å²) in [5.41, 5.74) is 1.99. The van der Waals surface area contributed by atoms with Crippen LogP contribution in [0.4, 0.5) is 10.6 Å². The van der Waals surface area contributed by atoms with Crippen molar-refractivity contribution in [3.05, 3.63) is 89.9 Å². The van der Waals surface area contributed by atoms with Crippen LogP contribution in [0.2, 0.25) is 0 Å². The second-order valence-corrected chi connectivity index (χ2v) is 11.7. The van der Waals surface area contributed by atoms with E-state index in [2.05, 4.69) is 15.0 Å². The molecule has 0 aliphatic heterocycles. The van der Waals surface area contributed by atoms with Crippen LogP contribution in [0.1, 0.15) is 35.5 Å². The maximum Gasteiger partial charge on any atom is 0.430 e. The van der Waals surface area contributed by atoms with Crippen molar-refractivity contribution < 1.29 is 37.0 Å². The summed E-state index contributed by atoms with van der Waals surface area (Å²) in [7, 11) is -2.11. The largest absolute Gasteiger partial charge is 0.488 e. The van der Waals surface area contributed by atoms with E-state index >= 15 is 0 Å². The highest BCUT2D eigenvalue weighted by atomic mass is 32.2. The van der Waals surface area contributed by atoms with Crippen molar-refractivity contribution in [1.29, 1.82) is 0 Å². The Labute approximate surface area is 255 Å². The van der Waals surface area contributed by atoms with Gasteiger partial charge in [0.05, 0.1) is 44.0 Å². The van der Waals surface area contributed by atoms with Crippen molar-refractivity contribution >= 4 is 27.9 Å². The zero-order valence-corrected chi connectivity index (χ0v) is 25.7. The predicted octanol–water partition coefficient (Wildman–Crippen LogP) is 5.21. The molecular weight excluding hydrogens is 588 g/mol. The van der Waals surface area contributed by atoms with Crippen molar-refractivity contribution in [3.8, 4) is 22.9 Å². The van der Waals surface area contributed by atoms with Gasteiger partial charge in [0.1, 0.15) is 17.3 Å². The third kappa shape index (κ3) is 7.11. The van der Waals surface area contributed by atoms with Crippen molar-refractivity contribution in [2.75, 3.05) is 25.1 Å². The third-order valence-corrected chi connectivity index (χ3v) is 7.82. The van der Waals surface area contributed by atoms with Crippen molar-refractivity contribution in [1.82, 2.24) is 15.0 Å². The number of esters is 1. The number of hydrogen-bond acceptors (Lipinski definition) is 11. The third-order valence-electron chi connectivity index (χ3n) is 6.14. The number of amides is 1.